The van der Waals surface area contributed by atoms with E-state index in [9.17, 15) is 4.39 Å². The third-order valence-corrected chi connectivity index (χ3v) is 1.41. The first kappa shape index (κ1) is 9.81. The van der Waals surface area contributed by atoms with Crippen molar-refractivity contribution in [3.05, 3.63) is 21.4 Å². The fourth-order valence-corrected chi connectivity index (χ4v) is 0.958. The summed E-state index contributed by atoms with van der Waals surface area (Å²) in [6.07, 6.45) is 3.32. The summed E-state index contributed by atoms with van der Waals surface area (Å²) >= 11 is 1.94. The lowest BCUT2D eigenvalue weighted by Crippen LogP contribution is -1.74. The predicted octanol–water partition coefficient (Wildman–Crippen LogP) is 2.88. The van der Waals surface area contributed by atoms with Gasteiger partial charge in [-0.05, 0) is 47.9 Å². The van der Waals surface area contributed by atoms with E-state index in [2.05, 4.69) is 11.7 Å². The molecule has 0 aliphatic carbocycles. The topological polar surface area (TPSA) is 12.4 Å². The smallest absolute Gasteiger partial charge is 0.120 e. The summed E-state index contributed by atoms with van der Waals surface area (Å²) < 4.78 is 12.5. The van der Waals surface area contributed by atoms with Crippen molar-refractivity contribution in [2.45, 2.75) is 6.92 Å². The van der Waals surface area contributed by atoms with Crippen LogP contribution in [0.25, 0.3) is 0 Å². The van der Waals surface area contributed by atoms with Gasteiger partial charge in [0.1, 0.15) is 6.67 Å². The number of hydrogen-bond acceptors (Lipinski definition) is 1. The van der Waals surface area contributed by atoms with E-state index in [0.717, 1.165) is 5.57 Å². The molecule has 0 saturated heterocycles. The Hall–Kier alpha value is -0.190. The van der Waals surface area contributed by atoms with Gasteiger partial charge in [-0.25, -0.2) is 4.39 Å². The minimum absolute atomic E-state index is 0.414. The molecule has 10 heavy (non-hydrogen) atoms. The minimum Gasteiger partial charge on any atom is -0.272 e. The molecule has 0 unspecified atom stereocenters. The third-order valence-electron chi connectivity index (χ3n) is 0.807. The van der Waals surface area contributed by atoms with Crippen LogP contribution in [0, 0.1) is 0 Å². The average Bonchev–Trinajstić information content (AvgIpc) is 1.88. The van der Waals surface area contributed by atoms with E-state index in [1.165, 1.54) is 0 Å². The van der Waals surface area contributed by atoms with E-state index in [1.807, 2.05) is 29.5 Å². The maximum Gasteiger partial charge on any atom is 0.120 e. The quantitative estimate of drug-likeness (QED) is 0.416. The van der Waals surface area contributed by atoms with Crippen LogP contribution < -0.4 is 0 Å². The maximum absolute atomic E-state index is 11.8. The highest BCUT2D eigenvalue weighted by atomic mass is 127. The Morgan fingerprint density at radius 1 is 1.80 bits per heavy atom. The number of allylic oxidation sites excluding steroid dienone is 3. The molecule has 0 radical (unpaired) electrons. The van der Waals surface area contributed by atoms with Crippen molar-refractivity contribution in [3.63, 3.8) is 0 Å². The number of alkyl halides is 1. The van der Waals surface area contributed by atoms with Crippen LogP contribution in [0.5, 0.6) is 0 Å². The lowest BCUT2D eigenvalue weighted by molar-refractivity contribution is 0.559. The van der Waals surface area contributed by atoms with E-state index in [1.54, 1.807) is 12.3 Å². The van der Waals surface area contributed by atoms with Crippen molar-refractivity contribution < 1.29 is 4.39 Å². The summed E-state index contributed by atoms with van der Waals surface area (Å²) in [4.78, 5) is 3.54. The van der Waals surface area contributed by atoms with E-state index < -0.39 is 6.67 Å². The van der Waals surface area contributed by atoms with E-state index in [0.29, 0.717) is 3.58 Å². The van der Waals surface area contributed by atoms with Crippen molar-refractivity contribution in [2.24, 2.45) is 4.99 Å². The molecule has 0 saturated carbocycles. The monoisotopic (exact) mass is 253 g/mol. The molecule has 0 spiro atoms. The minimum atomic E-state index is -0.414. The molecule has 0 amide bonds. The Balaban J connectivity index is 4.11. The Labute approximate surface area is 73.9 Å². The molecule has 0 aliphatic heterocycles. The van der Waals surface area contributed by atoms with Crippen LogP contribution in [-0.4, -0.2) is 13.4 Å². The molecule has 0 aromatic carbocycles. The zero-order valence-electron chi connectivity index (χ0n) is 5.77. The molecule has 0 aromatic rings. The van der Waals surface area contributed by atoms with Crippen molar-refractivity contribution in [3.8, 4) is 0 Å². The van der Waals surface area contributed by atoms with Crippen molar-refractivity contribution in [1.29, 1.82) is 0 Å². The predicted molar refractivity (Wildman–Crippen MR) is 51.4 cm³/mol. The van der Waals surface area contributed by atoms with Crippen molar-refractivity contribution in [1.82, 2.24) is 0 Å². The molecular formula is C7H9FIN. The second-order valence-corrected chi connectivity index (χ2v) is 3.17. The molecule has 0 bridgehead atoms. The van der Waals surface area contributed by atoms with E-state index in [-0.39, 0.29) is 0 Å². The zero-order chi connectivity index (χ0) is 7.98. The van der Waals surface area contributed by atoms with Gasteiger partial charge in [0.15, 0.2) is 0 Å². The summed E-state index contributed by atoms with van der Waals surface area (Å²) in [5.41, 5.74) is 0.914. The lowest BCUT2D eigenvalue weighted by atomic mass is 10.3. The third kappa shape index (κ3) is 4.67. The first-order valence-electron chi connectivity index (χ1n) is 2.75. The van der Waals surface area contributed by atoms with Crippen LogP contribution in [0.3, 0.4) is 0 Å². The van der Waals surface area contributed by atoms with Crippen LogP contribution in [0.15, 0.2) is 26.4 Å². The zero-order valence-corrected chi connectivity index (χ0v) is 7.93. The van der Waals surface area contributed by atoms with E-state index >= 15 is 0 Å². The number of halogens is 2. The molecular weight excluding hydrogens is 244 g/mol. The lowest BCUT2D eigenvalue weighted by Gasteiger charge is -1.90. The highest BCUT2D eigenvalue weighted by Crippen LogP contribution is 2.09. The largest absolute Gasteiger partial charge is 0.272 e. The molecule has 0 aliphatic rings. The van der Waals surface area contributed by atoms with Crippen molar-refractivity contribution >= 4 is 29.3 Å². The molecule has 1 nitrogen and oxygen atoms in total. The number of rotatable bonds is 3. The number of aliphatic imine (C=N–C) groups is 1. The molecule has 0 heterocycles. The standard InChI is InChI=1S/C7H9FIN/c1-6(5-10-2)3-7(9)4-8/h3,5H,2,4H2,1H3/b6-5-,7-3+. The molecule has 0 aromatic heterocycles. The van der Waals surface area contributed by atoms with Crippen molar-refractivity contribution in [2.75, 3.05) is 6.67 Å². The number of hydrogen-bond donors (Lipinski definition) is 0. The average molecular weight is 253 g/mol. The highest BCUT2D eigenvalue weighted by molar-refractivity contribution is 14.1. The van der Waals surface area contributed by atoms with Gasteiger partial charge < -0.3 is 0 Å². The van der Waals surface area contributed by atoms with Crippen LogP contribution in [0.4, 0.5) is 4.39 Å². The molecule has 3 heteroatoms. The second-order valence-electron chi connectivity index (χ2n) is 1.78. The van der Waals surface area contributed by atoms with E-state index in [4.69, 9.17) is 0 Å². The Morgan fingerprint density at radius 3 is 2.80 bits per heavy atom. The van der Waals surface area contributed by atoms with Crippen LogP contribution in [0.2, 0.25) is 0 Å². The van der Waals surface area contributed by atoms with Gasteiger partial charge >= 0.3 is 0 Å². The first-order valence-corrected chi connectivity index (χ1v) is 3.83. The first-order chi connectivity index (χ1) is 4.70. The van der Waals surface area contributed by atoms with Gasteiger partial charge in [-0.2, -0.15) is 0 Å². The Kier molecular flexibility index (Phi) is 5.48. The summed E-state index contributed by atoms with van der Waals surface area (Å²) in [6, 6.07) is 0. The van der Waals surface area contributed by atoms with Crippen LogP contribution in [-0.2, 0) is 0 Å². The second kappa shape index (κ2) is 5.58. The molecule has 56 valence electrons. The van der Waals surface area contributed by atoms with Gasteiger partial charge in [-0.3, -0.25) is 4.99 Å². The summed E-state index contributed by atoms with van der Waals surface area (Å²) in [6.45, 7) is 4.72. The van der Waals surface area contributed by atoms with Crippen LogP contribution >= 0.6 is 22.6 Å². The normalized spacial score (nSPS) is 13.5. The Morgan fingerprint density at radius 2 is 2.40 bits per heavy atom. The molecule has 0 rings (SSSR count). The van der Waals surface area contributed by atoms with Gasteiger partial charge in [-0.15, -0.1) is 0 Å². The van der Waals surface area contributed by atoms with Gasteiger partial charge in [0.25, 0.3) is 0 Å². The van der Waals surface area contributed by atoms with Gasteiger partial charge in [0, 0.05) is 9.78 Å². The molecule has 0 atom stereocenters. The summed E-state index contributed by atoms with van der Waals surface area (Å²) in [5, 5.41) is 0. The molecule has 0 fully saturated rings. The van der Waals surface area contributed by atoms with Gasteiger partial charge in [-0.1, -0.05) is 0 Å². The summed E-state index contributed by atoms with van der Waals surface area (Å²) in [7, 11) is 0. The van der Waals surface area contributed by atoms with Gasteiger partial charge in [0.2, 0.25) is 0 Å². The van der Waals surface area contributed by atoms with Crippen LogP contribution in [0.1, 0.15) is 6.92 Å². The fourth-order valence-electron chi connectivity index (χ4n) is 0.467. The molecule has 0 N–H and O–H groups in total. The summed E-state index contributed by atoms with van der Waals surface area (Å²) in [5.74, 6) is 0. The maximum atomic E-state index is 11.8. The SMILES string of the molecule is C=N/C=C(C)\C=C(\I)CF. The number of nitrogens with zero attached hydrogens (tertiary/aromatic N) is 1. The highest BCUT2D eigenvalue weighted by Gasteiger charge is 1.88. The Bertz CT molecular complexity index is 172. The fraction of sp³-hybridized carbons (Fsp3) is 0.286. The van der Waals surface area contributed by atoms with Gasteiger partial charge in [0.05, 0.1) is 0 Å².